The maximum atomic E-state index is 13.1. The molecule has 5 rings (SSSR count). The van der Waals surface area contributed by atoms with Crippen molar-refractivity contribution in [2.24, 2.45) is 0 Å². The van der Waals surface area contributed by atoms with Gasteiger partial charge in [0.15, 0.2) is 0 Å². The normalized spacial score (nSPS) is 27.6. The van der Waals surface area contributed by atoms with E-state index in [2.05, 4.69) is 5.32 Å². The summed E-state index contributed by atoms with van der Waals surface area (Å²) < 4.78 is 0. The van der Waals surface area contributed by atoms with E-state index < -0.39 is 41.5 Å². The first-order valence-corrected chi connectivity index (χ1v) is 11.3. The second-order valence-electron chi connectivity index (χ2n) is 9.13. The van der Waals surface area contributed by atoms with Gasteiger partial charge in [-0.15, -0.1) is 0 Å². The van der Waals surface area contributed by atoms with E-state index in [1.54, 1.807) is 6.07 Å². The molecule has 3 atom stereocenters. The molecule has 34 heavy (non-hydrogen) atoms. The fraction of sp³-hybridized carbons (Fsp3) is 0.360. The number of benzene rings is 2. The highest BCUT2D eigenvalue weighted by Gasteiger charge is 2.46. The highest BCUT2D eigenvalue weighted by Crippen LogP contribution is 2.38. The summed E-state index contributed by atoms with van der Waals surface area (Å²) in [4.78, 5) is 52.5. The van der Waals surface area contributed by atoms with Gasteiger partial charge >= 0.3 is 0 Å². The molecule has 4 amide bonds. The number of amides is 4. The predicted molar refractivity (Wildman–Crippen MR) is 119 cm³/mol. The van der Waals surface area contributed by atoms with Crippen LogP contribution in [0.1, 0.15) is 57.5 Å². The Morgan fingerprint density at radius 3 is 2.44 bits per heavy atom. The second kappa shape index (κ2) is 8.43. The summed E-state index contributed by atoms with van der Waals surface area (Å²) in [6, 6.07) is 13.3. The molecule has 0 spiro atoms. The molecule has 176 valence electrons. The lowest BCUT2D eigenvalue weighted by atomic mass is 9.82. The van der Waals surface area contributed by atoms with Gasteiger partial charge in [0.2, 0.25) is 11.8 Å². The van der Waals surface area contributed by atoms with Crippen molar-refractivity contribution in [1.82, 2.24) is 15.1 Å². The zero-order valence-electron chi connectivity index (χ0n) is 18.4. The molecule has 0 aliphatic carbocycles. The van der Waals surface area contributed by atoms with E-state index in [-0.39, 0.29) is 30.4 Å². The molecule has 2 aromatic rings. The number of hydrogen-bond donors (Lipinski definition) is 3. The van der Waals surface area contributed by atoms with Crippen LogP contribution < -0.4 is 5.32 Å². The topological polar surface area (TPSA) is 127 Å². The molecular formula is C25H25N3O6. The first kappa shape index (κ1) is 22.4. The van der Waals surface area contributed by atoms with Gasteiger partial charge in [0.1, 0.15) is 12.3 Å². The van der Waals surface area contributed by atoms with Gasteiger partial charge in [-0.2, -0.15) is 0 Å². The van der Waals surface area contributed by atoms with Crippen LogP contribution in [0.5, 0.6) is 0 Å². The van der Waals surface area contributed by atoms with Crippen molar-refractivity contribution in [2.45, 2.75) is 50.1 Å². The summed E-state index contributed by atoms with van der Waals surface area (Å²) in [5, 5.41) is 24.3. The lowest BCUT2D eigenvalue weighted by Gasteiger charge is -2.42. The quantitative estimate of drug-likeness (QED) is 0.575. The number of likely N-dealkylation sites (tertiary alicyclic amines) is 1. The third-order valence-corrected chi connectivity index (χ3v) is 6.96. The summed E-state index contributed by atoms with van der Waals surface area (Å²) in [5.41, 5.74) is 0.400. The summed E-state index contributed by atoms with van der Waals surface area (Å²) in [6.07, 6.45) is -0.362. The van der Waals surface area contributed by atoms with Crippen LogP contribution in [0.4, 0.5) is 0 Å². The van der Waals surface area contributed by atoms with E-state index in [0.717, 1.165) is 10.5 Å². The second-order valence-corrected chi connectivity index (χ2v) is 9.13. The van der Waals surface area contributed by atoms with Crippen LogP contribution in [0.2, 0.25) is 0 Å². The van der Waals surface area contributed by atoms with Crippen LogP contribution in [0.3, 0.4) is 0 Å². The Bertz CT molecular complexity index is 1180. The van der Waals surface area contributed by atoms with E-state index in [9.17, 15) is 29.4 Å². The van der Waals surface area contributed by atoms with Crippen LogP contribution in [-0.4, -0.2) is 62.5 Å². The maximum absolute atomic E-state index is 13.1. The molecule has 0 radical (unpaired) electrons. The summed E-state index contributed by atoms with van der Waals surface area (Å²) >= 11 is 0. The highest BCUT2D eigenvalue weighted by atomic mass is 16.3. The van der Waals surface area contributed by atoms with E-state index in [4.69, 9.17) is 0 Å². The van der Waals surface area contributed by atoms with Crippen molar-refractivity contribution >= 4 is 23.6 Å². The van der Waals surface area contributed by atoms with Crippen LogP contribution in [0.15, 0.2) is 48.5 Å². The van der Waals surface area contributed by atoms with Gasteiger partial charge in [-0.3, -0.25) is 34.3 Å². The highest BCUT2D eigenvalue weighted by molar-refractivity contribution is 6.23. The number of nitrogens with zero attached hydrogens (tertiary/aromatic N) is 2. The Morgan fingerprint density at radius 1 is 1.00 bits per heavy atom. The molecule has 3 N–H and O–H groups in total. The number of fused-ring (bicyclic) bond motifs is 1. The van der Waals surface area contributed by atoms with Gasteiger partial charge in [0, 0.05) is 25.9 Å². The van der Waals surface area contributed by atoms with Crippen LogP contribution in [0, 0.1) is 0 Å². The van der Waals surface area contributed by atoms with E-state index in [1.807, 2.05) is 35.2 Å². The third kappa shape index (κ3) is 3.81. The van der Waals surface area contributed by atoms with Crippen molar-refractivity contribution in [3.63, 3.8) is 0 Å². The average Bonchev–Trinajstić information content (AvgIpc) is 3.06. The molecule has 2 aromatic carbocycles. The Hall–Kier alpha value is -3.40. The fourth-order valence-corrected chi connectivity index (χ4v) is 5.04. The molecule has 2 fully saturated rings. The van der Waals surface area contributed by atoms with Gasteiger partial charge in [-0.05, 0) is 36.1 Å². The number of piperidine rings is 2. The minimum atomic E-state index is -1.37. The molecule has 9 heteroatoms. The lowest BCUT2D eigenvalue weighted by Crippen LogP contribution is -2.54. The van der Waals surface area contributed by atoms with Crippen molar-refractivity contribution in [3.8, 4) is 0 Å². The fourth-order valence-electron chi connectivity index (χ4n) is 5.04. The molecule has 3 unspecified atom stereocenters. The molecule has 0 bridgehead atoms. The largest absolute Gasteiger partial charge is 0.385 e. The molecule has 0 aromatic heterocycles. The molecule has 2 saturated heterocycles. The minimum absolute atomic E-state index is 0.0478. The van der Waals surface area contributed by atoms with E-state index in [1.165, 1.54) is 12.1 Å². The van der Waals surface area contributed by atoms with Crippen molar-refractivity contribution < 1.29 is 29.4 Å². The molecule has 3 aliphatic rings. The van der Waals surface area contributed by atoms with Crippen LogP contribution >= 0.6 is 0 Å². The Balaban J connectivity index is 1.35. The molecular weight excluding hydrogens is 438 g/mol. The van der Waals surface area contributed by atoms with E-state index >= 15 is 0 Å². The Kier molecular flexibility index (Phi) is 5.55. The molecule has 3 aliphatic heterocycles. The van der Waals surface area contributed by atoms with Gasteiger partial charge in [0.05, 0.1) is 16.7 Å². The van der Waals surface area contributed by atoms with Gasteiger partial charge in [0.25, 0.3) is 11.8 Å². The maximum Gasteiger partial charge on any atom is 0.262 e. The van der Waals surface area contributed by atoms with Crippen molar-refractivity contribution in [3.05, 3.63) is 70.8 Å². The average molecular weight is 463 g/mol. The summed E-state index contributed by atoms with van der Waals surface area (Å²) in [5.74, 6) is -2.31. The van der Waals surface area contributed by atoms with Crippen molar-refractivity contribution in [1.29, 1.82) is 0 Å². The summed E-state index contributed by atoms with van der Waals surface area (Å²) in [7, 11) is 0. The van der Waals surface area contributed by atoms with Crippen molar-refractivity contribution in [2.75, 3.05) is 6.54 Å². The zero-order chi connectivity index (χ0) is 24.0. The molecule has 9 nitrogen and oxygen atoms in total. The number of nitrogens with one attached hydrogen (secondary N) is 1. The predicted octanol–water partition coefficient (Wildman–Crippen LogP) is 0.890. The first-order valence-electron chi connectivity index (χ1n) is 11.3. The van der Waals surface area contributed by atoms with E-state index in [0.29, 0.717) is 25.1 Å². The minimum Gasteiger partial charge on any atom is -0.385 e. The molecule has 0 saturated carbocycles. The zero-order valence-corrected chi connectivity index (χ0v) is 18.4. The standard InChI is InChI=1S/C25H25N3O6/c29-20-9-8-19(22(31)26-20)28-23(32)17-7-6-16(12-18(17)24(28)33)25(34)10-11-27(21(30)13-25)14-15-4-2-1-3-5-15/h1-7,12,19,21,30,34H,8-11,13-14H2,(H,26,29,31). The third-order valence-electron chi connectivity index (χ3n) is 6.96. The number of rotatable bonds is 4. The number of imide groups is 2. The smallest absolute Gasteiger partial charge is 0.262 e. The Labute approximate surface area is 196 Å². The monoisotopic (exact) mass is 463 g/mol. The molecule has 3 heterocycles. The Morgan fingerprint density at radius 2 is 1.74 bits per heavy atom. The van der Waals surface area contributed by atoms with Crippen LogP contribution in [-0.2, 0) is 21.7 Å². The number of carbonyl (C=O) groups excluding carboxylic acids is 4. The number of aliphatic hydroxyl groups excluding tert-OH is 1. The SMILES string of the molecule is O=C1CCC(N2C(=O)c3ccc(C4(O)CCN(Cc5ccccc5)C(O)C4)cc3C2=O)C(=O)N1. The number of hydrogen-bond acceptors (Lipinski definition) is 7. The van der Waals surface area contributed by atoms with Gasteiger partial charge < -0.3 is 10.2 Å². The first-order chi connectivity index (χ1) is 16.3. The van der Waals surface area contributed by atoms with Crippen LogP contribution in [0.25, 0.3) is 0 Å². The number of aliphatic hydroxyl groups is 2. The number of carbonyl (C=O) groups is 4. The lowest BCUT2D eigenvalue weighted by molar-refractivity contribution is -0.136. The summed E-state index contributed by atoms with van der Waals surface area (Å²) in [6.45, 7) is 0.995. The van der Waals surface area contributed by atoms with Gasteiger partial charge in [-0.25, -0.2) is 0 Å². The van der Waals surface area contributed by atoms with Gasteiger partial charge in [-0.1, -0.05) is 36.4 Å².